The average molecular weight is 149 g/mol. The fraction of sp³-hybridized carbons (Fsp3) is 0.700. The Kier molecular flexibility index (Phi) is 2.34. The standard InChI is InChI=1S/C10H15N/c1-7-4-8(2)10(6-11)9(3)5-7/h4,7,9-10H,5H2,1-3H3. The van der Waals surface area contributed by atoms with Gasteiger partial charge in [0.25, 0.3) is 0 Å². The van der Waals surface area contributed by atoms with E-state index in [1.807, 2.05) is 0 Å². The molecule has 0 N–H and O–H groups in total. The molecule has 3 atom stereocenters. The number of hydrogen-bond acceptors (Lipinski definition) is 1. The molecule has 1 rings (SSSR count). The summed E-state index contributed by atoms with van der Waals surface area (Å²) in [6, 6.07) is 2.36. The molecule has 1 aliphatic carbocycles. The minimum absolute atomic E-state index is 0.172. The number of rotatable bonds is 0. The van der Waals surface area contributed by atoms with Gasteiger partial charge in [0, 0.05) is 0 Å². The van der Waals surface area contributed by atoms with Gasteiger partial charge in [-0.3, -0.25) is 0 Å². The Morgan fingerprint density at radius 3 is 2.64 bits per heavy atom. The zero-order valence-electron chi connectivity index (χ0n) is 7.46. The van der Waals surface area contributed by atoms with Crippen LogP contribution in [0.2, 0.25) is 0 Å². The minimum atomic E-state index is 0.172. The molecule has 1 nitrogen and oxygen atoms in total. The third kappa shape index (κ3) is 1.63. The van der Waals surface area contributed by atoms with Crippen molar-refractivity contribution in [3.8, 4) is 6.07 Å². The van der Waals surface area contributed by atoms with Gasteiger partial charge in [0.05, 0.1) is 12.0 Å². The van der Waals surface area contributed by atoms with Gasteiger partial charge < -0.3 is 0 Å². The van der Waals surface area contributed by atoms with Crippen LogP contribution in [0.1, 0.15) is 27.2 Å². The van der Waals surface area contributed by atoms with Crippen molar-refractivity contribution < 1.29 is 0 Å². The predicted molar refractivity (Wildman–Crippen MR) is 45.8 cm³/mol. The van der Waals surface area contributed by atoms with E-state index in [0.717, 1.165) is 6.42 Å². The fourth-order valence-corrected chi connectivity index (χ4v) is 2.02. The average Bonchev–Trinajstić information content (AvgIpc) is 1.85. The van der Waals surface area contributed by atoms with Crippen LogP contribution in [0.15, 0.2) is 11.6 Å². The fourth-order valence-electron chi connectivity index (χ4n) is 2.02. The Morgan fingerprint density at radius 1 is 1.55 bits per heavy atom. The second-order valence-electron chi connectivity index (χ2n) is 3.71. The van der Waals surface area contributed by atoms with Crippen molar-refractivity contribution in [3.63, 3.8) is 0 Å². The molecule has 0 radical (unpaired) electrons. The lowest BCUT2D eigenvalue weighted by molar-refractivity contribution is 0.378. The summed E-state index contributed by atoms with van der Waals surface area (Å²) in [6.07, 6.45) is 3.39. The van der Waals surface area contributed by atoms with Gasteiger partial charge in [0.1, 0.15) is 0 Å². The summed E-state index contributed by atoms with van der Waals surface area (Å²) in [5.41, 5.74) is 1.26. The molecular weight excluding hydrogens is 134 g/mol. The van der Waals surface area contributed by atoms with Crippen molar-refractivity contribution in [2.24, 2.45) is 17.8 Å². The molecule has 0 aliphatic heterocycles. The second-order valence-corrected chi connectivity index (χ2v) is 3.71. The van der Waals surface area contributed by atoms with Crippen LogP contribution in [0.25, 0.3) is 0 Å². The van der Waals surface area contributed by atoms with Crippen LogP contribution in [-0.2, 0) is 0 Å². The Labute approximate surface area is 68.7 Å². The van der Waals surface area contributed by atoms with Gasteiger partial charge in [-0.15, -0.1) is 0 Å². The summed E-state index contributed by atoms with van der Waals surface area (Å²) < 4.78 is 0. The van der Waals surface area contributed by atoms with Crippen molar-refractivity contribution in [1.82, 2.24) is 0 Å². The number of allylic oxidation sites excluding steroid dienone is 2. The van der Waals surface area contributed by atoms with E-state index in [4.69, 9.17) is 5.26 Å². The van der Waals surface area contributed by atoms with Gasteiger partial charge in [-0.25, -0.2) is 0 Å². The van der Waals surface area contributed by atoms with Crippen LogP contribution in [-0.4, -0.2) is 0 Å². The van der Waals surface area contributed by atoms with E-state index in [-0.39, 0.29) is 5.92 Å². The topological polar surface area (TPSA) is 23.8 Å². The van der Waals surface area contributed by atoms with Crippen molar-refractivity contribution in [1.29, 1.82) is 5.26 Å². The highest BCUT2D eigenvalue weighted by molar-refractivity contribution is 5.17. The van der Waals surface area contributed by atoms with Crippen molar-refractivity contribution >= 4 is 0 Å². The van der Waals surface area contributed by atoms with Crippen LogP contribution in [0.5, 0.6) is 0 Å². The van der Waals surface area contributed by atoms with E-state index in [1.165, 1.54) is 5.57 Å². The molecule has 0 aromatic heterocycles. The third-order valence-corrected chi connectivity index (χ3v) is 2.49. The Bertz CT molecular complexity index is 209. The first-order chi connectivity index (χ1) is 5.15. The van der Waals surface area contributed by atoms with Gasteiger partial charge in [-0.05, 0) is 25.2 Å². The number of hydrogen-bond donors (Lipinski definition) is 0. The first kappa shape index (κ1) is 8.33. The lowest BCUT2D eigenvalue weighted by Gasteiger charge is -2.26. The SMILES string of the molecule is CC1=CC(C)CC(C)C1C#N. The molecule has 0 bridgehead atoms. The van der Waals surface area contributed by atoms with Crippen molar-refractivity contribution in [2.75, 3.05) is 0 Å². The molecule has 0 spiro atoms. The first-order valence-corrected chi connectivity index (χ1v) is 4.23. The second kappa shape index (κ2) is 3.09. The normalized spacial score (nSPS) is 37.6. The molecule has 0 saturated carbocycles. The van der Waals surface area contributed by atoms with Gasteiger partial charge >= 0.3 is 0 Å². The zero-order valence-corrected chi connectivity index (χ0v) is 7.46. The largest absolute Gasteiger partial charge is 0.198 e. The number of nitrogens with zero attached hydrogens (tertiary/aromatic N) is 1. The summed E-state index contributed by atoms with van der Waals surface area (Å²) in [7, 11) is 0. The summed E-state index contributed by atoms with van der Waals surface area (Å²) >= 11 is 0. The minimum Gasteiger partial charge on any atom is -0.198 e. The van der Waals surface area contributed by atoms with E-state index in [0.29, 0.717) is 11.8 Å². The van der Waals surface area contributed by atoms with Gasteiger partial charge in [-0.1, -0.05) is 25.5 Å². The Hall–Kier alpha value is -0.770. The first-order valence-electron chi connectivity index (χ1n) is 4.23. The monoisotopic (exact) mass is 149 g/mol. The Balaban J connectivity index is 2.82. The van der Waals surface area contributed by atoms with Crippen LogP contribution >= 0.6 is 0 Å². The maximum Gasteiger partial charge on any atom is 0.0703 e. The molecule has 0 aromatic rings. The van der Waals surface area contributed by atoms with Crippen molar-refractivity contribution in [3.05, 3.63) is 11.6 Å². The molecule has 0 saturated heterocycles. The molecule has 0 aromatic carbocycles. The van der Waals surface area contributed by atoms with Crippen LogP contribution in [0, 0.1) is 29.1 Å². The molecule has 0 heterocycles. The van der Waals surface area contributed by atoms with E-state index in [2.05, 4.69) is 32.9 Å². The summed E-state index contributed by atoms with van der Waals surface area (Å²) in [6.45, 7) is 6.45. The lowest BCUT2D eigenvalue weighted by Crippen LogP contribution is -2.19. The Morgan fingerprint density at radius 2 is 2.18 bits per heavy atom. The van der Waals surface area contributed by atoms with E-state index in [9.17, 15) is 0 Å². The molecule has 3 unspecified atom stereocenters. The molecule has 11 heavy (non-hydrogen) atoms. The third-order valence-electron chi connectivity index (χ3n) is 2.49. The smallest absolute Gasteiger partial charge is 0.0703 e. The highest BCUT2D eigenvalue weighted by atomic mass is 14.3. The quantitative estimate of drug-likeness (QED) is 0.486. The molecule has 60 valence electrons. The molecule has 1 aliphatic rings. The molecular formula is C10H15N. The zero-order chi connectivity index (χ0) is 8.43. The van der Waals surface area contributed by atoms with Gasteiger partial charge in [0.2, 0.25) is 0 Å². The maximum atomic E-state index is 8.83. The predicted octanol–water partition coefficient (Wildman–Crippen LogP) is 2.75. The van der Waals surface area contributed by atoms with Gasteiger partial charge in [0.15, 0.2) is 0 Å². The maximum absolute atomic E-state index is 8.83. The van der Waals surface area contributed by atoms with Crippen LogP contribution in [0.4, 0.5) is 0 Å². The molecule has 1 heteroatoms. The summed E-state index contributed by atoms with van der Waals surface area (Å²) in [5.74, 6) is 1.38. The lowest BCUT2D eigenvalue weighted by atomic mass is 9.77. The van der Waals surface area contributed by atoms with Gasteiger partial charge in [-0.2, -0.15) is 5.26 Å². The van der Waals surface area contributed by atoms with E-state index in [1.54, 1.807) is 0 Å². The number of nitriles is 1. The van der Waals surface area contributed by atoms with E-state index < -0.39 is 0 Å². The van der Waals surface area contributed by atoms with Crippen LogP contribution < -0.4 is 0 Å². The summed E-state index contributed by atoms with van der Waals surface area (Å²) in [5, 5.41) is 8.83. The summed E-state index contributed by atoms with van der Waals surface area (Å²) in [4.78, 5) is 0. The van der Waals surface area contributed by atoms with E-state index >= 15 is 0 Å². The molecule has 0 fully saturated rings. The molecule has 0 amide bonds. The highest BCUT2D eigenvalue weighted by Crippen LogP contribution is 2.32. The van der Waals surface area contributed by atoms with Crippen molar-refractivity contribution in [2.45, 2.75) is 27.2 Å². The van der Waals surface area contributed by atoms with Crippen LogP contribution in [0.3, 0.4) is 0 Å². The highest BCUT2D eigenvalue weighted by Gasteiger charge is 2.24.